The van der Waals surface area contributed by atoms with Gasteiger partial charge in [-0.3, -0.25) is 13.9 Å². The van der Waals surface area contributed by atoms with Gasteiger partial charge in [0.1, 0.15) is 18.4 Å². The number of sulfonamides is 1. The summed E-state index contributed by atoms with van der Waals surface area (Å²) < 4.78 is 42.7. The fourth-order valence-electron chi connectivity index (χ4n) is 4.24. The monoisotopic (exact) mass is 567 g/mol. The third kappa shape index (κ3) is 7.47. The van der Waals surface area contributed by atoms with E-state index in [9.17, 15) is 22.4 Å². The SMILES string of the molecule is CCc1ccccc1N(CC(=O)N(Cc1ccc(F)cc1)[C@@H](C)C(=O)N[C@@H](C)CC)S(=O)(=O)c1ccc(C)cc1. The Bertz CT molecular complexity index is 1410. The van der Waals surface area contributed by atoms with Crippen LogP contribution in [0, 0.1) is 12.7 Å². The van der Waals surface area contributed by atoms with Gasteiger partial charge in [-0.05, 0) is 75.1 Å². The number of halogens is 1. The Kier molecular flexibility index (Phi) is 10.5. The van der Waals surface area contributed by atoms with Crippen LogP contribution < -0.4 is 9.62 Å². The Morgan fingerprint density at radius 1 is 0.925 bits per heavy atom. The maximum atomic E-state index is 14.0. The van der Waals surface area contributed by atoms with Gasteiger partial charge in [0.05, 0.1) is 10.6 Å². The maximum Gasteiger partial charge on any atom is 0.264 e. The number of carbonyl (C=O) groups is 2. The Hall–Kier alpha value is -3.72. The van der Waals surface area contributed by atoms with E-state index in [1.807, 2.05) is 39.8 Å². The summed E-state index contributed by atoms with van der Waals surface area (Å²) in [6, 6.07) is 18.2. The van der Waals surface area contributed by atoms with Crippen molar-refractivity contribution in [3.05, 3.63) is 95.3 Å². The number of amides is 2. The number of nitrogens with one attached hydrogen (secondary N) is 1. The van der Waals surface area contributed by atoms with E-state index in [0.29, 0.717) is 24.1 Å². The Balaban J connectivity index is 2.06. The van der Waals surface area contributed by atoms with E-state index in [0.717, 1.165) is 15.4 Å². The third-order valence-corrected chi connectivity index (χ3v) is 8.74. The molecule has 7 nitrogen and oxygen atoms in total. The van der Waals surface area contributed by atoms with Crippen molar-refractivity contribution in [3.8, 4) is 0 Å². The summed E-state index contributed by atoms with van der Waals surface area (Å²) in [5.41, 5.74) is 2.68. The first-order valence-corrected chi connectivity index (χ1v) is 14.9. The number of nitrogens with zero attached hydrogens (tertiary/aromatic N) is 2. The molecule has 0 spiro atoms. The zero-order chi connectivity index (χ0) is 29.4. The molecule has 0 saturated heterocycles. The molecule has 0 unspecified atom stereocenters. The van der Waals surface area contributed by atoms with Crippen LogP contribution in [0.4, 0.5) is 10.1 Å². The van der Waals surface area contributed by atoms with E-state index in [1.54, 1.807) is 43.3 Å². The van der Waals surface area contributed by atoms with Crippen LogP contribution in [0.3, 0.4) is 0 Å². The van der Waals surface area contributed by atoms with Crippen LogP contribution in [0.5, 0.6) is 0 Å². The van der Waals surface area contributed by atoms with Crippen molar-refractivity contribution in [3.63, 3.8) is 0 Å². The summed E-state index contributed by atoms with van der Waals surface area (Å²) in [5, 5.41) is 2.90. The van der Waals surface area contributed by atoms with Gasteiger partial charge in [0.25, 0.3) is 10.0 Å². The van der Waals surface area contributed by atoms with Crippen LogP contribution in [-0.2, 0) is 32.6 Å². The van der Waals surface area contributed by atoms with Crippen molar-refractivity contribution in [1.82, 2.24) is 10.2 Å². The van der Waals surface area contributed by atoms with Gasteiger partial charge >= 0.3 is 0 Å². The Labute approximate surface area is 237 Å². The van der Waals surface area contributed by atoms with Gasteiger partial charge in [-0.25, -0.2) is 12.8 Å². The largest absolute Gasteiger partial charge is 0.352 e. The molecule has 0 bridgehead atoms. The predicted molar refractivity (Wildman–Crippen MR) is 156 cm³/mol. The Morgan fingerprint density at radius 3 is 2.15 bits per heavy atom. The van der Waals surface area contributed by atoms with Gasteiger partial charge in [0, 0.05) is 12.6 Å². The maximum absolute atomic E-state index is 14.0. The Morgan fingerprint density at radius 2 is 1.55 bits per heavy atom. The van der Waals surface area contributed by atoms with E-state index in [1.165, 1.54) is 29.2 Å². The summed E-state index contributed by atoms with van der Waals surface area (Å²) >= 11 is 0. The molecule has 0 aromatic heterocycles. The molecule has 3 rings (SSSR count). The van der Waals surface area contributed by atoms with Crippen LogP contribution in [0.2, 0.25) is 0 Å². The molecule has 2 atom stereocenters. The molecule has 3 aromatic rings. The summed E-state index contributed by atoms with van der Waals surface area (Å²) in [4.78, 5) is 28.5. The molecule has 9 heteroatoms. The van der Waals surface area contributed by atoms with Gasteiger partial charge in [-0.2, -0.15) is 0 Å². The quantitative estimate of drug-likeness (QED) is 0.325. The molecule has 0 aliphatic carbocycles. The topological polar surface area (TPSA) is 86.8 Å². The minimum atomic E-state index is -4.14. The molecule has 2 amide bonds. The predicted octanol–water partition coefficient (Wildman–Crippen LogP) is 5.22. The number of rotatable bonds is 12. The standard InChI is InChI=1S/C31H38FN3O4S/c1-6-23(4)33-31(37)24(5)34(20-25-14-16-27(32)17-15-25)30(36)21-35(29-11-9-8-10-26(29)7-2)40(38,39)28-18-12-22(3)13-19-28/h8-19,23-24H,6-7,20-21H2,1-5H3,(H,33,37)/t23-,24-/m0/s1. The zero-order valence-electron chi connectivity index (χ0n) is 23.7. The number of aryl methyl sites for hydroxylation is 2. The van der Waals surface area contributed by atoms with Crippen molar-refractivity contribution in [2.75, 3.05) is 10.8 Å². The van der Waals surface area contributed by atoms with Crippen molar-refractivity contribution >= 4 is 27.5 Å². The van der Waals surface area contributed by atoms with Crippen LogP contribution in [0.1, 0.15) is 50.8 Å². The smallest absolute Gasteiger partial charge is 0.264 e. The van der Waals surface area contributed by atoms with Crippen LogP contribution in [0.15, 0.2) is 77.7 Å². The van der Waals surface area contributed by atoms with Gasteiger partial charge in [0.2, 0.25) is 11.8 Å². The fourth-order valence-corrected chi connectivity index (χ4v) is 5.69. The van der Waals surface area contributed by atoms with Crippen LogP contribution >= 0.6 is 0 Å². The fraction of sp³-hybridized carbons (Fsp3) is 0.355. The molecule has 0 saturated carbocycles. The summed E-state index contributed by atoms with van der Waals surface area (Å²) in [6.45, 7) is 8.68. The lowest BCUT2D eigenvalue weighted by atomic mass is 10.1. The first kappa shape index (κ1) is 30.8. The molecular formula is C31H38FN3O4S. The highest BCUT2D eigenvalue weighted by Gasteiger charge is 2.33. The molecular weight excluding hydrogens is 529 g/mol. The van der Waals surface area contributed by atoms with E-state index in [4.69, 9.17) is 0 Å². The first-order valence-electron chi connectivity index (χ1n) is 13.5. The van der Waals surface area contributed by atoms with Crippen molar-refractivity contribution in [2.24, 2.45) is 0 Å². The number of hydrogen-bond acceptors (Lipinski definition) is 4. The van der Waals surface area contributed by atoms with E-state index < -0.39 is 34.3 Å². The minimum absolute atomic E-state index is 0.00203. The summed E-state index contributed by atoms with van der Waals surface area (Å²) in [7, 11) is -4.14. The normalized spacial score (nSPS) is 12.8. The second-order valence-electron chi connectivity index (χ2n) is 9.95. The van der Waals surface area contributed by atoms with Crippen molar-refractivity contribution < 1.29 is 22.4 Å². The molecule has 0 aliphatic heterocycles. The molecule has 3 aromatic carbocycles. The van der Waals surface area contributed by atoms with Crippen LogP contribution in [0.25, 0.3) is 0 Å². The van der Waals surface area contributed by atoms with Gasteiger partial charge < -0.3 is 10.2 Å². The minimum Gasteiger partial charge on any atom is -0.352 e. The lowest BCUT2D eigenvalue weighted by molar-refractivity contribution is -0.139. The highest BCUT2D eigenvalue weighted by Crippen LogP contribution is 2.28. The average Bonchev–Trinajstić information content (AvgIpc) is 2.95. The van der Waals surface area contributed by atoms with Crippen molar-refractivity contribution in [1.29, 1.82) is 0 Å². The lowest BCUT2D eigenvalue weighted by Crippen LogP contribution is -2.52. The van der Waals surface area contributed by atoms with Gasteiger partial charge in [0.15, 0.2) is 0 Å². The highest BCUT2D eigenvalue weighted by atomic mass is 32.2. The van der Waals surface area contributed by atoms with Gasteiger partial charge in [-0.1, -0.05) is 61.9 Å². The number of carbonyl (C=O) groups excluding carboxylic acids is 2. The lowest BCUT2D eigenvalue weighted by Gasteiger charge is -2.33. The number of hydrogen-bond donors (Lipinski definition) is 1. The molecule has 0 fully saturated rings. The summed E-state index contributed by atoms with van der Waals surface area (Å²) in [5.74, 6) is -1.33. The average molecular weight is 568 g/mol. The molecule has 0 radical (unpaired) electrons. The molecule has 0 aliphatic rings. The second-order valence-corrected chi connectivity index (χ2v) is 11.8. The first-order chi connectivity index (χ1) is 19.0. The molecule has 214 valence electrons. The number of benzene rings is 3. The molecule has 1 N–H and O–H groups in total. The van der Waals surface area contributed by atoms with E-state index in [-0.39, 0.29) is 23.4 Å². The van der Waals surface area contributed by atoms with E-state index in [2.05, 4.69) is 5.32 Å². The number of para-hydroxylation sites is 1. The van der Waals surface area contributed by atoms with Gasteiger partial charge in [-0.15, -0.1) is 0 Å². The zero-order valence-corrected chi connectivity index (χ0v) is 24.5. The molecule has 40 heavy (non-hydrogen) atoms. The van der Waals surface area contributed by atoms with Crippen LogP contribution in [-0.4, -0.2) is 43.8 Å². The molecule has 0 heterocycles. The summed E-state index contributed by atoms with van der Waals surface area (Å²) in [6.07, 6.45) is 1.26. The van der Waals surface area contributed by atoms with Crippen molar-refractivity contribution in [2.45, 2.75) is 71.0 Å². The third-order valence-electron chi connectivity index (χ3n) is 6.96. The second kappa shape index (κ2) is 13.6. The van der Waals surface area contributed by atoms with E-state index >= 15 is 0 Å². The number of anilines is 1. The highest BCUT2D eigenvalue weighted by molar-refractivity contribution is 7.92.